The summed E-state index contributed by atoms with van der Waals surface area (Å²) in [5, 5.41) is 48.1. The molecule has 8 nitrogen and oxygen atoms in total. The molecule has 0 unspecified atom stereocenters. The summed E-state index contributed by atoms with van der Waals surface area (Å²) in [6.07, 6.45) is 6.51. The van der Waals surface area contributed by atoms with Gasteiger partial charge in [-0.15, -0.1) is 0 Å². The SMILES string of the molecule is [O-]c1cccc2cccnc12.[O-]c1cccc2cccnc12.[O-]c1cccc2cccnc12.[O-]c1cccc2cccnc12.[Ti]. The van der Waals surface area contributed by atoms with Crippen molar-refractivity contribution in [2.75, 3.05) is 0 Å². The third kappa shape index (κ3) is 8.29. The van der Waals surface area contributed by atoms with E-state index in [4.69, 9.17) is 0 Å². The van der Waals surface area contributed by atoms with E-state index >= 15 is 0 Å². The van der Waals surface area contributed by atoms with Crippen LogP contribution in [0.25, 0.3) is 43.6 Å². The Morgan fingerprint density at radius 2 is 0.489 bits per heavy atom. The van der Waals surface area contributed by atoms with Crippen LogP contribution in [0.1, 0.15) is 0 Å². The van der Waals surface area contributed by atoms with Crippen LogP contribution in [-0.4, -0.2) is 19.9 Å². The van der Waals surface area contributed by atoms with Crippen molar-refractivity contribution in [3.8, 4) is 23.0 Å². The molecule has 0 aliphatic heterocycles. The number of para-hydroxylation sites is 4. The van der Waals surface area contributed by atoms with Crippen molar-refractivity contribution < 1.29 is 42.1 Å². The average molecular weight is 624 g/mol. The van der Waals surface area contributed by atoms with Gasteiger partial charge in [0.2, 0.25) is 0 Å². The van der Waals surface area contributed by atoms with Crippen LogP contribution in [0.2, 0.25) is 0 Å². The van der Waals surface area contributed by atoms with Crippen LogP contribution in [0.3, 0.4) is 0 Å². The fourth-order valence-electron chi connectivity index (χ4n) is 4.30. The second-order valence-corrected chi connectivity index (χ2v) is 9.33. The zero-order chi connectivity index (χ0) is 30.7. The normalized spacial score (nSPS) is 9.96. The number of fused-ring (bicyclic) bond motifs is 4. The molecule has 0 N–H and O–H groups in total. The van der Waals surface area contributed by atoms with Crippen molar-refractivity contribution in [3.63, 3.8) is 0 Å². The standard InChI is InChI=1S/4C9H7NO.Ti/c4*11-8-5-1-3-7-4-2-6-10-9(7)8;/h4*1-6,11H;/p-4. The molecule has 0 atom stereocenters. The van der Waals surface area contributed by atoms with Gasteiger partial charge in [-0.25, -0.2) is 0 Å². The average Bonchev–Trinajstić information content (AvgIpc) is 3.07. The van der Waals surface area contributed by atoms with Gasteiger partial charge in [-0.05, 0) is 45.8 Å². The molecule has 0 saturated carbocycles. The Balaban J connectivity index is 0.000000136. The second kappa shape index (κ2) is 15.8. The first kappa shape index (κ1) is 32.4. The van der Waals surface area contributed by atoms with Crippen molar-refractivity contribution in [3.05, 3.63) is 146 Å². The van der Waals surface area contributed by atoms with E-state index in [1.807, 2.05) is 72.8 Å². The number of rotatable bonds is 0. The van der Waals surface area contributed by atoms with E-state index in [2.05, 4.69) is 19.9 Å². The summed E-state index contributed by atoms with van der Waals surface area (Å²) < 4.78 is 0. The van der Waals surface area contributed by atoms with E-state index in [9.17, 15) is 20.4 Å². The number of hydrogen-bond acceptors (Lipinski definition) is 8. The Morgan fingerprint density at radius 3 is 0.689 bits per heavy atom. The maximum Gasteiger partial charge on any atom is 0.0623 e. The maximum atomic E-state index is 11.1. The Morgan fingerprint density at radius 1 is 0.289 bits per heavy atom. The van der Waals surface area contributed by atoms with Crippen LogP contribution in [0.5, 0.6) is 23.0 Å². The fourth-order valence-corrected chi connectivity index (χ4v) is 4.30. The fraction of sp³-hybridized carbons (Fsp3) is 0. The first-order chi connectivity index (χ1) is 21.5. The third-order valence-corrected chi connectivity index (χ3v) is 6.38. The van der Waals surface area contributed by atoms with Gasteiger partial charge in [0, 0.05) is 46.5 Å². The molecule has 45 heavy (non-hydrogen) atoms. The van der Waals surface area contributed by atoms with E-state index in [-0.39, 0.29) is 44.7 Å². The third-order valence-electron chi connectivity index (χ3n) is 6.38. The molecule has 0 fully saturated rings. The van der Waals surface area contributed by atoms with Gasteiger partial charge in [0.25, 0.3) is 0 Å². The first-order valence-corrected chi connectivity index (χ1v) is 13.5. The number of pyridine rings is 4. The Bertz CT molecular complexity index is 1830. The molecular formula is C36H24N4O4Ti-4. The number of aromatic nitrogens is 4. The number of hydrogen-bond donors (Lipinski definition) is 0. The van der Waals surface area contributed by atoms with Crippen LogP contribution in [0.15, 0.2) is 146 Å². The quantitative estimate of drug-likeness (QED) is 0.209. The Hall–Kier alpha value is -5.57. The van der Waals surface area contributed by atoms with Gasteiger partial charge in [-0.1, -0.05) is 120 Å². The molecule has 0 aliphatic rings. The predicted molar refractivity (Wildman–Crippen MR) is 165 cm³/mol. The minimum atomic E-state index is -0.0110. The molecular weight excluding hydrogens is 600 g/mol. The minimum Gasteiger partial charge on any atom is -0.871 e. The molecule has 220 valence electrons. The smallest absolute Gasteiger partial charge is 0.0623 e. The second-order valence-electron chi connectivity index (χ2n) is 9.33. The molecule has 8 aromatic rings. The molecule has 4 aromatic heterocycles. The zero-order valence-corrected chi connectivity index (χ0v) is 25.3. The minimum absolute atomic E-state index is 0. The molecule has 4 aromatic carbocycles. The van der Waals surface area contributed by atoms with Crippen molar-refractivity contribution in [1.82, 2.24) is 19.9 Å². The summed E-state index contributed by atoms with van der Waals surface area (Å²) in [7, 11) is 0. The van der Waals surface area contributed by atoms with Crippen LogP contribution >= 0.6 is 0 Å². The van der Waals surface area contributed by atoms with Crippen LogP contribution in [0, 0.1) is 0 Å². The molecule has 0 amide bonds. The van der Waals surface area contributed by atoms with Gasteiger partial charge < -0.3 is 20.4 Å². The molecule has 0 bridgehead atoms. The van der Waals surface area contributed by atoms with Gasteiger partial charge in [-0.2, -0.15) is 0 Å². The zero-order valence-electron chi connectivity index (χ0n) is 23.8. The molecule has 9 heteroatoms. The predicted octanol–water partition coefficient (Wildman–Crippen LogP) is 5.23. The summed E-state index contributed by atoms with van der Waals surface area (Å²) in [6, 6.07) is 35.4. The van der Waals surface area contributed by atoms with Crippen LogP contribution in [-0.2, 0) is 21.7 Å². The molecule has 0 spiro atoms. The maximum absolute atomic E-state index is 11.1. The van der Waals surface area contributed by atoms with Gasteiger partial charge in [0.1, 0.15) is 0 Å². The molecule has 0 saturated heterocycles. The van der Waals surface area contributed by atoms with Crippen molar-refractivity contribution in [1.29, 1.82) is 0 Å². The van der Waals surface area contributed by atoms with Crippen molar-refractivity contribution >= 4 is 43.6 Å². The number of benzene rings is 4. The molecule has 4 heterocycles. The molecule has 0 aliphatic carbocycles. The van der Waals surface area contributed by atoms with Gasteiger partial charge in [0.15, 0.2) is 0 Å². The van der Waals surface area contributed by atoms with E-state index in [1.165, 1.54) is 24.3 Å². The number of nitrogens with zero attached hydrogens (tertiary/aromatic N) is 4. The van der Waals surface area contributed by atoms with E-state index in [0.29, 0.717) is 22.1 Å². The summed E-state index contributed by atoms with van der Waals surface area (Å²) in [6.45, 7) is 0. The van der Waals surface area contributed by atoms with Crippen molar-refractivity contribution in [2.24, 2.45) is 0 Å². The van der Waals surface area contributed by atoms with E-state index in [0.717, 1.165) is 21.5 Å². The molecule has 0 radical (unpaired) electrons. The van der Waals surface area contributed by atoms with Gasteiger partial charge in [0.05, 0.1) is 22.1 Å². The summed E-state index contributed by atoms with van der Waals surface area (Å²) in [5.74, 6) is -0.0441. The van der Waals surface area contributed by atoms with Gasteiger partial charge >= 0.3 is 0 Å². The summed E-state index contributed by atoms with van der Waals surface area (Å²) in [5.41, 5.74) is 2.20. The van der Waals surface area contributed by atoms with Crippen LogP contribution in [0.4, 0.5) is 0 Å². The first-order valence-electron chi connectivity index (χ1n) is 13.5. The monoisotopic (exact) mass is 624 g/mol. The Kier molecular flexibility index (Phi) is 11.3. The van der Waals surface area contributed by atoms with Crippen LogP contribution < -0.4 is 20.4 Å². The largest absolute Gasteiger partial charge is 0.871 e. The van der Waals surface area contributed by atoms with Gasteiger partial charge in [-0.3, -0.25) is 19.9 Å². The van der Waals surface area contributed by atoms with E-state index < -0.39 is 0 Å². The van der Waals surface area contributed by atoms with E-state index in [1.54, 1.807) is 49.1 Å². The van der Waals surface area contributed by atoms with Crippen molar-refractivity contribution in [2.45, 2.75) is 0 Å². The summed E-state index contributed by atoms with van der Waals surface area (Å²) in [4.78, 5) is 15.9. The molecule has 8 rings (SSSR count). The topological polar surface area (TPSA) is 144 Å². The Labute approximate surface area is 273 Å². The summed E-state index contributed by atoms with van der Waals surface area (Å²) >= 11 is 0.